The molecule has 1 heterocycles. The van der Waals surface area contributed by atoms with Crippen LogP contribution in [-0.2, 0) is 19.6 Å². The lowest BCUT2D eigenvalue weighted by atomic mass is 10.3. The molecule has 0 bridgehead atoms. The number of nitrogens with one attached hydrogen (secondary N) is 2. The van der Waals surface area contributed by atoms with Crippen molar-refractivity contribution in [3.05, 3.63) is 52.3 Å². The molecule has 1 fully saturated rings. The molecule has 0 unspecified atom stereocenters. The number of sulfonamides is 1. The molecule has 0 spiro atoms. The molecule has 0 saturated carbocycles. The van der Waals surface area contributed by atoms with Crippen LogP contribution in [0, 0.1) is 5.82 Å². The van der Waals surface area contributed by atoms with Gasteiger partial charge in [-0.25, -0.2) is 12.8 Å². The monoisotopic (exact) mass is 461 g/mol. The summed E-state index contributed by atoms with van der Waals surface area (Å²) >= 11 is 12.0. The number of nitrogens with zero attached hydrogens (tertiary/aromatic N) is 1. The Balaban J connectivity index is 1.69. The van der Waals surface area contributed by atoms with E-state index in [4.69, 9.17) is 27.9 Å². The lowest BCUT2D eigenvalue weighted by molar-refractivity contribution is -0.114. The van der Waals surface area contributed by atoms with Gasteiger partial charge < -0.3 is 15.4 Å². The molecule has 1 aliphatic rings. The van der Waals surface area contributed by atoms with Crippen LogP contribution in [0.5, 0.6) is 0 Å². The van der Waals surface area contributed by atoms with Gasteiger partial charge in [-0.3, -0.25) is 4.79 Å². The largest absolute Gasteiger partial charge is 0.379 e. The third-order valence-electron chi connectivity index (χ3n) is 4.17. The highest BCUT2D eigenvalue weighted by Crippen LogP contribution is 2.28. The number of amides is 1. The van der Waals surface area contributed by atoms with Crippen molar-refractivity contribution in [2.24, 2.45) is 0 Å². The van der Waals surface area contributed by atoms with Crippen molar-refractivity contribution in [3.8, 4) is 0 Å². The summed E-state index contributed by atoms with van der Waals surface area (Å²) < 4.78 is 45.2. The second-order valence-electron chi connectivity index (χ2n) is 6.19. The van der Waals surface area contributed by atoms with Crippen LogP contribution >= 0.6 is 23.2 Å². The van der Waals surface area contributed by atoms with Gasteiger partial charge >= 0.3 is 0 Å². The zero-order chi connectivity index (χ0) is 21.0. The Kier molecular flexibility index (Phi) is 6.97. The van der Waals surface area contributed by atoms with Crippen LogP contribution in [0.2, 0.25) is 10.0 Å². The second-order valence-corrected chi connectivity index (χ2v) is 8.91. The number of benzene rings is 2. The third kappa shape index (κ3) is 5.37. The first kappa shape index (κ1) is 21.8. The number of halogens is 3. The number of carbonyl (C=O) groups excluding carboxylic acids is 1. The average molecular weight is 462 g/mol. The fraction of sp³-hybridized carbons (Fsp3) is 0.278. The van der Waals surface area contributed by atoms with Crippen molar-refractivity contribution in [1.29, 1.82) is 0 Å². The molecular formula is C18H18Cl2FN3O4S. The van der Waals surface area contributed by atoms with E-state index in [2.05, 4.69) is 10.6 Å². The molecule has 0 aliphatic carbocycles. The van der Waals surface area contributed by atoms with Crippen molar-refractivity contribution >= 4 is 50.5 Å². The van der Waals surface area contributed by atoms with E-state index in [1.807, 2.05) is 0 Å². The zero-order valence-corrected chi connectivity index (χ0v) is 17.5. The molecule has 0 radical (unpaired) electrons. The van der Waals surface area contributed by atoms with Crippen molar-refractivity contribution in [2.45, 2.75) is 4.90 Å². The first-order valence-electron chi connectivity index (χ1n) is 8.63. The highest BCUT2D eigenvalue weighted by Gasteiger charge is 2.28. The molecule has 1 saturated heterocycles. The predicted molar refractivity (Wildman–Crippen MR) is 110 cm³/mol. The van der Waals surface area contributed by atoms with Crippen LogP contribution in [0.25, 0.3) is 0 Å². The molecule has 29 heavy (non-hydrogen) atoms. The van der Waals surface area contributed by atoms with Crippen LogP contribution < -0.4 is 10.6 Å². The molecule has 2 N–H and O–H groups in total. The number of carbonyl (C=O) groups is 1. The summed E-state index contributed by atoms with van der Waals surface area (Å²) in [6, 6.07) is 7.99. The predicted octanol–water partition coefficient (Wildman–Crippen LogP) is 3.20. The molecule has 0 aromatic heterocycles. The molecule has 11 heteroatoms. The van der Waals surface area contributed by atoms with E-state index in [-0.39, 0.29) is 40.3 Å². The minimum atomic E-state index is -3.81. The number of morpholine rings is 1. The highest BCUT2D eigenvalue weighted by molar-refractivity contribution is 7.89. The second kappa shape index (κ2) is 9.27. The Morgan fingerprint density at radius 3 is 2.52 bits per heavy atom. The molecule has 156 valence electrons. The van der Waals surface area contributed by atoms with E-state index in [0.717, 1.165) is 6.07 Å². The molecule has 1 aliphatic heterocycles. The van der Waals surface area contributed by atoms with Crippen LogP contribution in [0.3, 0.4) is 0 Å². The van der Waals surface area contributed by atoms with Crippen LogP contribution in [0.15, 0.2) is 41.3 Å². The van der Waals surface area contributed by atoms with Gasteiger partial charge in [-0.1, -0.05) is 23.2 Å². The van der Waals surface area contributed by atoms with Gasteiger partial charge in [0.2, 0.25) is 15.9 Å². The maximum atomic E-state index is 13.1. The lowest BCUT2D eigenvalue weighted by Gasteiger charge is -2.26. The van der Waals surface area contributed by atoms with Crippen LogP contribution in [-0.4, -0.2) is 51.5 Å². The summed E-state index contributed by atoms with van der Waals surface area (Å²) in [5, 5.41) is 5.59. The summed E-state index contributed by atoms with van der Waals surface area (Å²) in [6.45, 7) is 0.935. The Labute approximate surface area is 177 Å². The van der Waals surface area contributed by atoms with Crippen LogP contribution in [0.1, 0.15) is 0 Å². The molecule has 2 aromatic carbocycles. The number of ether oxygens (including phenoxy) is 1. The summed E-state index contributed by atoms with van der Waals surface area (Å²) in [5.41, 5.74) is 0.674. The summed E-state index contributed by atoms with van der Waals surface area (Å²) in [5.74, 6) is -0.928. The van der Waals surface area contributed by atoms with Gasteiger partial charge in [-0.2, -0.15) is 4.31 Å². The van der Waals surface area contributed by atoms with Crippen molar-refractivity contribution in [1.82, 2.24) is 4.31 Å². The van der Waals surface area contributed by atoms with E-state index in [1.165, 1.54) is 34.6 Å². The molecule has 7 nitrogen and oxygen atoms in total. The highest BCUT2D eigenvalue weighted by atomic mass is 35.5. The van der Waals surface area contributed by atoms with E-state index in [9.17, 15) is 17.6 Å². The molecule has 3 rings (SSSR count). The molecular weight excluding hydrogens is 444 g/mol. The van der Waals surface area contributed by atoms with Crippen LogP contribution in [0.4, 0.5) is 15.8 Å². The van der Waals surface area contributed by atoms with Gasteiger partial charge in [0, 0.05) is 18.8 Å². The maximum Gasteiger partial charge on any atom is 0.244 e. The fourth-order valence-corrected chi connectivity index (χ4v) is 4.86. The number of rotatable bonds is 6. The number of hydrogen-bond donors (Lipinski definition) is 2. The number of anilines is 2. The van der Waals surface area contributed by atoms with Gasteiger partial charge in [0.1, 0.15) is 10.7 Å². The topological polar surface area (TPSA) is 87.7 Å². The molecule has 0 atom stereocenters. The minimum Gasteiger partial charge on any atom is -0.379 e. The Hall–Kier alpha value is -1.91. The SMILES string of the molecule is O=C(CNc1ccc(F)cc1Cl)Nc1ccc(Cl)c(S(=O)(=O)N2CCOCC2)c1. The number of hydrogen-bond acceptors (Lipinski definition) is 5. The average Bonchev–Trinajstić information content (AvgIpc) is 2.69. The van der Waals surface area contributed by atoms with Crippen molar-refractivity contribution < 1.29 is 22.3 Å². The van der Waals surface area contributed by atoms with E-state index >= 15 is 0 Å². The fourth-order valence-electron chi connectivity index (χ4n) is 2.72. The molecule has 2 aromatic rings. The maximum absolute atomic E-state index is 13.1. The van der Waals surface area contributed by atoms with E-state index < -0.39 is 21.7 Å². The van der Waals surface area contributed by atoms with Gasteiger partial charge in [-0.15, -0.1) is 0 Å². The molecule has 1 amide bonds. The first-order valence-corrected chi connectivity index (χ1v) is 10.8. The van der Waals surface area contributed by atoms with Crippen molar-refractivity contribution in [3.63, 3.8) is 0 Å². The Morgan fingerprint density at radius 1 is 1.10 bits per heavy atom. The summed E-state index contributed by atoms with van der Waals surface area (Å²) in [7, 11) is -3.81. The minimum absolute atomic E-state index is 0.0608. The van der Waals surface area contributed by atoms with E-state index in [0.29, 0.717) is 18.9 Å². The van der Waals surface area contributed by atoms with Gasteiger partial charge in [-0.05, 0) is 36.4 Å². The Morgan fingerprint density at radius 2 is 1.83 bits per heavy atom. The summed E-state index contributed by atoms with van der Waals surface area (Å²) in [6.07, 6.45) is 0. The van der Waals surface area contributed by atoms with Gasteiger partial charge in [0.25, 0.3) is 0 Å². The lowest BCUT2D eigenvalue weighted by Crippen LogP contribution is -2.40. The van der Waals surface area contributed by atoms with Gasteiger partial charge in [0.15, 0.2) is 0 Å². The third-order valence-corrected chi connectivity index (χ3v) is 6.87. The first-order chi connectivity index (χ1) is 13.8. The Bertz CT molecular complexity index is 1010. The normalized spacial score (nSPS) is 15.1. The quantitative estimate of drug-likeness (QED) is 0.689. The van der Waals surface area contributed by atoms with Gasteiger partial charge in [0.05, 0.1) is 35.5 Å². The summed E-state index contributed by atoms with van der Waals surface area (Å²) in [4.78, 5) is 12.1. The van der Waals surface area contributed by atoms with E-state index in [1.54, 1.807) is 0 Å². The smallest absolute Gasteiger partial charge is 0.244 e. The standard InChI is InChI=1S/C18H18Cl2FN3O4S/c19-14-3-2-13(10-17(14)29(26,27)24-5-7-28-8-6-24)23-18(25)11-22-16-4-1-12(21)9-15(16)20/h1-4,9-10,22H,5-8,11H2,(H,23,25). The zero-order valence-electron chi connectivity index (χ0n) is 15.1. The van der Waals surface area contributed by atoms with Crippen molar-refractivity contribution in [2.75, 3.05) is 43.5 Å².